The zero-order valence-electron chi connectivity index (χ0n) is 10.1. The number of rotatable bonds is 4. The molecule has 0 spiro atoms. The highest BCUT2D eigenvalue weighted by Crippen LogP contribution is 2.36. The average molecular weight is 296 g/mol. The van der Waals surface area contributed by atoms with Crippen LogP contribution in [0.3, 0.4) is 0 Å². The first kappa shape index (κ1) is 15.8. The number of alkyl halides is 3. The Morgan fingerprint density at radius 2 is 2.11 bits per heavy atom. The molecule has 2 N–H and O–H groups in total. The molecule has 1 aromatic rings. The molecule has 0 bridgehead atoms. The number of amides is 1. The maximum atomic E-state index is 12.6. The monoisotopic (exact) mass is 295 g/mol. The van der Waals surface area contributed by atoms with Crippen molar-refractivity contribution in [3.63, 3.8) is 0 Å². The molecule has 0 unspecified atom stereocenters. The fourth-order valence-corrected chi connectivity index (χ4v) is 1.79. The standard InChI is InChI=1S/C12H13ClF3NO2/c1-2-7(6-18)17-11(19)8-4-3-5-9(10(8)13)12(14,15)16/h3-5,7,18H,2,6H2,1H3,(H,17,19)/t7-/m0/s1. The topological polar surface area (TPSA) is 49.3 Å². The van der Waals surface area contributed by atoms with Crippen molar-refractivity contribution in [2.75, 3.05) is 6.61 Å². The molecule has 1 atom stereocenters. The fourth-order valence-electron chi connectivity index (χ4n) is 1.47. The zero-order valence-corrected chi connectivity index (χ0v) is 10.8. The molecule has 1 rings (SSSR count). The summed E-state index contributed by atoms with van der Waals surface area (Å²) in [6.45, 7) is 1.44. The van der Waals surface area contributed by atoms with Crippen LogP contribution < -0.4 is 5.32 Å². The fraction of sp³-hybridized carbons (Fsp3) is 0.417. The molecule has 0 saturated carbocycles. The van der Waals surface area contributed by atoms with Crippen LogP contribution in [0.15, 0.2) is 18.2 Å². The second-order valence-electron chi connectivity index (χ2n) is 3.93. The molecular formula is C12H13ClF3NO2. The summed E-state index contributed by atoms with van der Waals surface area (Å²) in [7, 11) is 0. The molecule has 0 aromatic heterocycles. The third-order valence-electron chi connectivity index (χ3n) is 2.60. The number of nitrogens with one attached hydrogen (secondary N) is 1. The summed E-state index contributed by atoms with van der Waals surface area (Å²) in [5.74, 6) is -0.739. The lowest BCUT2D eigenvalue weighted by molar-refractivity contribution is -0.137. The Bertz CT molecular complexity index is 459. The minimum atomic E-state index is -4.62. The number of aliphatic hydroxyl groups excluding tert-OH is 1. The smallest absolute Gasteiger partial charge is 0.394 e. The Balaban J connectivity index is 3.05. The van der Waals surface area contributed by atoms with Crippen molar-refractivity contribution in [1.82, 2.24) is 5.32 Å². The molecule has 0 aliphatic heterocycles. The van der Waals surface area contributed by atoms with Crippen molar-refractivity contribution < 1.29 is 23.1 Å². The largest absolute Gasteiger partial charge is 0.417 e. The second-order valence-corrected chi connectivity index (χ2v) is 4.30. The summed E-state index contributed by atoms with van der Waals surface area (Å²) in [4.78, 5) is 11.8. The first-order valence-electron chi connectivity index (χ1n) is 5.58. The summed E-state index contributed by atoms with van der Waals surface area (Å²) >= 11 is 5.61. The lowest BCUT2D eigenvalue weighted by atomic mass is 10.1. The number of hydrogen-bond donors (Lipinski definition) is 2. The van der Waals surface area contributed by atoms with Crippen LogP contribution in [0.25, 0.3) is 0 Å². The predicted molar refractivity (Wildman–Crippen MR) is 65.1 cm³/mol. The van der Waals surface area contributed by atoms with E-state index in [2.05, 4.69) is 5.32 Å². The highest BCUT2D eigenvalue weighted by atomic mass is 35.5. The summed E-state index contributed by atoms with van der Waals surface area (Å²) in [6.07, 6.45) is -4.16. The van der Waals surface area contributed by atoms with Crippen LogP contribution in [-0.2, 0) is 6.18 Å². The lowest BCUT2D eigenvalue weighted by Gasteiger charge is -2.16. The Morgan fingerprint density at radius 1 is 1.47 bits per heavy atom. The quantitative estimate of drug-likeness (QED) is 0.897. The third kappa shape index (κ3) is 3.84. The van der Waals surface area contributed by atoms with E-state index in [4.69, 9.17) is 16.7 Å². The molecular weight excluding hydrogens is 283 g/mol. The molecule has 0 saturated heterocycles. The van der Waals surface area contributed by atoms with Crippen molar-refractivity contribution in [2.45, 2.75) is 25.6 Å². The van der Waals surface area contributed by atoms with Gasteiger partial charge in [-0.1, -0.05) is 24.6 Å². The van der Waals surface area contributed by atoms with Gasteiger partial charge in [-0.2, -0.15) is 13.2 Å². The predicted octanol–water partition coefficient (Wildman–Crippen LogP) is 2.86. The van der Waals surface area contributed by atoms with Crippen LogP contribution in [-0.4, -0.2) is 23.7 Å². The lowest BCUT2D eigenvalue weighted by Crippen LogP contribution is -2.37. The van der Waals surface area contributed by atoms with Gasteiger partial charge < -0.3 is 10.4 Å². The Labute approximate surface area is 113 Å². The van der Waals surface area contributed by atoms with Gasteiger partial charge in [0.15, 0.2) is 0 Å². The van der Waals surface area contributed by atoms with E-state index in [1.54, 1.807) is 6.92 Å². The molecule has 106 valence electrons. The minimum Gasteiger partial charge on any atom is -0.394 e. The van der Waals surface area contributed by atoms with Gasteiger partial charge in [0.2, 0.25) is 0 Å². The van der Waals surface area contributed by atoms with Crippen LogP contribution in [0, 0.1) is 0 Å². The number of halogens is 4. The normalized spacial score (nSPS) is 13.2. The Kier molecular flexibility index (Phi) is 5.20. The molecule has 7 heteroatoms. The van der Waals surface area contributed by atoms with Gasteiger partial charge in [-0.05, 0) is 18.6 Å². The number of carbonyl (C=O) groups excluding carboxylic acids is 1. The average Bonchev–Trinajstić information content (AvgIpc) is 2.34. The van der Waals surface area contributed by atoms with Crippen LogP contribution in [0.2, 0.25) is 5.02 Å². The molecule has 0 fully saturated rings. The summed E-state index contributed by atoms with van der Waals surface area (Å²) < 4.78 is 37.9. The molecule has 0 heterocycles. The van der Waals surface area contributed by atoms with Gasteiger partial charge in [0, 0.05) is 0 Å². The van der Waals surface area contributed by atoms with Gasteiger partial charge in [0.25, 0.3) is 5.91 Å². The van der Waals surface area contributed by atoms with Gasteiger partial charge in [0.05, 0.1) is 28.8 Å². The molecule has 0 aliphatic carbocycles. The molecule has 0 radical (unpaired) electrons. The Morgan fingerprint density at radius 3 is 2.58 bits per heavy atom. The summed E-state index contributed by atoms with van der Waals surface area (Å²) in [5, 5.41) is 10.7. The van der Waals surface area contributed by atoms with Gasteiger partial charge in [-0.15, -0.1) is 0 Å². The number of hydrogen-bond acceptors (Lipinski definition) is 2. The first-order valence-corrected chi connectivity index (χ1v) is 5.96. The van der Waals surface area contributed by atoms with E-state index >= 15 is 0 Å². The summed E-state index contributed by atoms with van der Waals surface area (Å²) in [5.41, 5.74) is -1.32. The molecule has 1 aromatic carbocycles. The van der Waals surface area contributed by atoms with Gasteiger partial charge in [0.1, 0.15) is 0 Å². The van der Waals surface area contributed by atoms with Crippen LogP contribution >= 0.6 is 11.6 Å². The van der Waals surface area contributed by atoms with Crippen LogP contribution in [0.4, 0.5) is 13.2 Å². The van der Waals surface area contributed by atoms with Gasteiger partial charge >= 0.3 is 6.18 Å². The van der Waals surface area contributed by atoms with E-state index in [1.807, 2.05) is 0 Å². The van der Waals surface area contributed by atoms with E-state index in [1.165, 1.54) is 6.07 Å². The first-order chi connectivity index (χ1) is 8.81. The zero-order chi connectivity index (χ0) is 14.6. The van der Waals surface area contributed by atoms with Crippen molar-refractivity contribution >= 4 is 17.5 Å². The summed E-state index contributed by atoms with van der Waals surface area (Å²) in [6, 6.07) is 2.61. The van der Waals surface area contributed by atoms with E-state index in [0.717, 1.165) is 12.1 Å². The third-order valence-corrected chi connectivity index (χ3v) is 3.00. The van der Waals surface area contributed by atoms with E-state index in [-0.39, 0.29) is 12.2 Å². The SMILES string of the molecule is CC[C@@H](CO)NC(=O)c1cccc(C(F)(F)F)c1Cl. The maximum Gasteiger partial charge on any atom is 0.417 e. The highest BCUT2D eigenvalue weighted by molar-refractivity contribution is 6.34. The minimum absolute atomic E-state index is 0.261. The maximum absolute atomic E-state index is 12.6. The number of benzene rings is 1. The van der Waals surface area contributed by atoms with Crippen molar-refractivity contribution in [3.05, 3.63) is 34.3 Å². The van der Waals surface area contributed by atoms with Gasteiger partial charge in [-0.25, -0.2) is 0 Å². The highest BCUT2D eigenvalue weighted by Gasteiger charge is 2.34. The van der Waals surface area contributed by atoms with Crippen LogP contribution in [0.5, 0.6) is 0 Å². The van der Waals surface area contributed by atoms with Crippen molar-refractivity contribution in [1.29, 1.82) is 0 Å². The van der Waals surface area contributed by atoms with Crippen molar-refractivity contribution in [2.24, 2.45) is 0 Å². The van der Waals surface area contributed by atoms with E-state index < -0.39 is 28.7 Å². The molecule has 0 aliphatic rings. The second kappa shape index (κ2) is 6.25. The molecule has 3 nitrogen and oxygen atoms in total. The number of carbonyl (C=O) groups is 1. The molecule has 19 heavy (non-hydrogen) atoms. The number of aliphatic hydroxyl groups is 1. The Hall–Kier alpha value is -1.27. The van der Waals surface area contributed by atoms with Crippen molar-refractivity contribution in [3.8, 4) is 0 Å². The van der Waals surface area contributed by atoms with E-state index in [0.29, 0.717) is 6.42 Å². The van der Waals surface area contributed by atoms with Crippen LogP contribution in [0.1, 0.15) is 29.3 Å². The van der Waals surface area contributed by atoms with Gasteiger partial charge in [-0.3, -0.25) is 4.79 Å². The van der Waals surface area contributed by atoms with E-state index in [9.17, 15) is 18.0 Å². The molecule has 1 amide bonds.